The Morgan fingerprint density at radius 1 is 1.50 bits per heavy atom. The number of carbonyl (C=O) groups excluding carboxylic acids is 1. The quantitative estimate of drug-likeness (QED) is 0.839. The number of amides is 1. The molecule has 0 aliphatic heterocycles. The highest BCUT2D eigenvalue weighted by Gasteiger charge is 2.19. The molecule has 0 radical (unpaired) electrons. The van der Waals surface area contributed by atoms with Crippen molar-refractivity contribution in [3.8, 4) is 0 Å². The van der Waals surface area contributed by atoms with Crippen molar-refractivity contribution in [2.24, 2.45) is 0 Å². The Morgan fingerprint density at radius 3 is 2.72 bits per heavy atom. The largest absolute Gasteiger partial charge is 0.394 e. The molecule has 2 N–H and O–H groups in total. The third kappa shape index (κ3) is 3.23. The fraction of sp³-hybridized carbons (Fsp3) is 0.500. The zero-order chi connectivity index (χ0) is 13.7. The second-order valence-electron chi connectivity index (χ2n) is 4.53. The number of hydrogen-bond donors (Lipinski definition) is 2. The fourth-order valence-corrected chi connectivity index (χ4v) is 1.69. The molecule has 0 aliphatic rings. The summed E-state index contributed by atoms with van der Waals surface area (Å²) in [6.45, 7) is 6.50. The molecule has 1 rings (SSSR count). The van der Waals surface area contributed by atoms with E-state index in [1.54, 1.807) is 11.9 Å². The summed E-state index contributed by atoms with van der Waals surface area (Å²) in [5, 5.41) is 12.3. The van der Waals surface area contributed by atoms with Crippen LogP contribution in [0, 0.1) is 6.92 Å². The van der Waals surface area contributed by atoms with Crippen LogP contribution in [0.15, 0.2) is 18.2 Å². The SMILES string of the molecule is CCNc1ccc(C)cc1C(=O)N(C)C(C)CO. The van der Waals surface area contributed by atoms with E-state index in [2.05, 4.69) is 5.32 Å². The van der Waals surface area contributed by atoms with Crippen LogP contribution in [0.25, 0.3) is 0 Å². The lowest BCUT2D eigenvalue weighted by Crippen LogP contribution is -2.37. The average molecular weight is 250 g/mol. The van der Waals surface area contributed by atoms with Gasteiger partial charge in [-0.2, -0.15) is 0 Å². The van der Waals surface area contributed by atoms with E-state index in [4.69, 9.17) is 5.11 Å². The van der Waals surface area contributed by atoms with Gasteiger partial charge in [-0.1, -0.05) is 11.6 Å². The standard InChI is InChI=1S/C14H22N2O2/c1-5-15-13-7-6-10(2)8-12(13)14(18)16(4)11(3)9-17/h6-8,11,15,17H,5,9H2,1-4H3. The molecule has 0 bridgehead atoms. The minimum Gasteiger partial charge on any atom is -0.394 e. The van der Waals surface area contributed by atoms with Crippen molar-refractivity contribution in [3.05, 3.63) is 29.3 Å². The highest BCUT2D eigenvalue weighted by molar-refractivity contribution is 5.99. The molecule has 0 saturated carbocycles. The van der Waals surface area contributed by atoms with Gasteiger partial charge in [0.25, 0.3) is 5.91 Å². The normalized spacial score (nSPS) is 12.1. The van der Waals surface area contributed by atoms with Crippen LogP contribution in [0.4, 0.5) is 5.69 Å². The van der Waals surface area contributed by atoms with Crippen molar-refractivity contribution in [2.45, 2.75) is 26.8 Å². The fourth-order valence-electron chi connectivity index (χ4n) is 1.69. The van der Waals surface area contributed by atoms with Gasteiger partial charge in [0.15, 0.2) is 0 Å². The second-order valence-corrected chi connectivity index (χ2v) is 4.53. The summed E-state index contributed by atoms with van der Waals surface area (Å²) in [5.74, 6) is -0.0730. The van der Waals surface area contributed by atoms with Crippen molar-refractivity contribution in [3.63, 3.8) is 0 Å². The topological polar surface area (TPSA) is 52.6 Å². The third-order valence-corrected chi connectivity index (χ3v) is 3.02. The number of likely N-dealkylation sites (N-methyl/N-ethyl adjacent to an activating group) is 1. The molecular formula is C14H22N2O2. The molecule has 0 aliphatic carbocycles. The number of aryl methyl sites for hydroxylation is 1. The molecule has 0 saturated heterocycles. The predicted molar refractivity (Wildman–Crippen MR) is 74.0 cm³/mol. The summed E-state index contributed by atoms with van der Waals surface area (Å²) in [5.41, 5.74) is 2.54. The number of nitrogens with zero attached hydrogens (tertiary/aromatic N) is 1. The summed E-state index contributed by atoms with van der Waals surface area (Å²) >= 11 is 0. The maximum Gasteiger partial charge on any atom is 0.256 e. The molecule has 1 atom stereocenters. The van der Waals surface area contributed by atoms with Crippen molar-refractivity contribution >= 4 is 11.6 Å². The Balaban J connectivity index is 3.06. The van der Waals surface area contributed by atoms with Crippen LogP contribution in [-0.4, -0.2) is 42.2 Å². The van der Waals surface area contributed by atoms with Crippen LogP contribution in [0.5, 0.6) is 0 Å². The van der Waals surface area contributed by atoms with E-state index in [9.17, 15) is 4.79 Å². The van der Waals surface area contributed by atoms with Gasteiger partial charge in [0, 0.05) is 19.3 Å². The van der Waals surface area contributed by atoms with Crippen molar-refractivity contribution < 1.29 is 9.90 Å². The molecule has 1 unspecified atom stereocenters. The van der Waals surface area contributed by atoms with Crippen LogP contribution in [0.3, 0.4) is 0 Å². The van der Waals surface area contributed by atoms with Gasteiger partial charge in [-0.25, -0.2) is 0 Å². The molecule has 1 aromatic carbocycles. The van der Waals surface area contributed by atoms with Crippen molar-refractivity contribution in [1.29, 1.82) is 0 Å². The van der Waals surface area contributed by atoms with Crippen molar-refractivity contribution in [2.75, 3.05) is 25.5 Å². The number of rotatable bonds is 5. The van der Waals surface area contributed by atoms with Gasteiger partial charge in [0.2, 0.25) is 0 Å². The predicted octanol–water partition coefficient (Wildman–Crippen LogP) is 1.88. The number of hydrogen-bond acceptors (Lipinski definition) is 3. The van der Waals surface area contributed by atoms with E-state index in [1.165, 1.54) is 0 Å². The van der Waals surface area contributed by atoms with Gasteiger partial charge in [-0.15, -0.1) is 0 Å². The van der Waals surface area contributed by atoms with Crippen LogP contribution < -0.4 is 5.32 Å². The highest BCUT2D eigenvalue weighted by atomic mass is 16.3. The number of benzene rings is 1. The van der Waals surface area contributed by atoms with Gasteiger partial charge in [-0.05, 0) is 32.9 Å². The van der Waals surface area contributed by atoms with Gasteiger partial charge >= 0.3 is 0 Å². The van der Waals surface area contributed by atoms with E-state index < -0.39 is 0 Å². The van der Waals surface area contributed by atoms with Crippen LogP contribution in [0.1, 0.15) is 29.8 Å². The van der Waals surface area contributed by atoms with E-state index in [-0.39, 0.29) is 18.6 Å². The number of aliphatic hydroxyl groups is 1. The molecular weight excluding hydrogens is 228 g/mol. The van der Waals surface area contributed by atoms with Crippen LogP contribution in [0.2, 0.25) is 0 Å². The van der Waals surface area contributed by atoms with Gasteiger partial charge in [0.1, 0.15) is 0 Å². The van der Waals surface area contributed by atoms with Crippen LogP contribution in [-0.2, 0) is 0 Å². The Hall–Kier alpha value is -1.55. The Labute approximate surface area is 109 Å². The average Bonchev–Trinajstić information content (AvgIpc) is 2.38. The molecule has 0 spiro atoms. The van der Waals surface area contributed by atoms with Gasteiger partial charge in [-0.3, -0.25) is 4.79 Å². The molecule has 1 amide bonds. The Bertz CT molecular complexity index is 418. The zero-order valence-electron chi connectivity index (χ0n) is 11.5. The molecule has 4 nitrogen and oxygen atoms in total. The number of aliphatic hydroxyl groups excluding tert-OH is 1. The van der Waals surface area contributed by atoms with Gasteiger partial charge in [0.05, 0.1) is 18.2 Å². The maximum atomic E-state index is 12.4. The van der Waals surface area contributed by atoms with E-state index in [1.807, 2.05) is 39.0 Å². The molecule has 4 heteroatoms. The summed E-state index contributed by atoms with van der Waals surface area (Å²) in [6.07, 6.45) is 0. The van der Waals surface area contributed by atoms with E-state index >= 15 is 0 Å². The maximum absolute atomic E-state index is 12.4. The number of nitrogens with one attached hydrogen (secondary N) is 1. The first-order chi connectivity index (χ1) is 8.51. The lowest BCUT2D eigenvalue weighted by molar-refractivity contribution is 0.0683. The third-order valence-electron chi connectivity index (χ3n) is 3.02. The first-order valence-electron chi connectivity index (χ1n) is 6.23. The Kier molecular flexibility index (Phi) is 5.16. The lowest BCUT2D eigenvalue weighted by atomic mass is 10.1. The molecule has 0 fully saturated rings. The Morgan fingerprint density at radius 2 is 2.17 bits per heavy atom. The monoisotopic (exact) mass is 250 g/mol. The first-order valence-corrected chi connectivity index (χ1v) is 6.23. The minimum atomic E-state index is -0.188. The highest BCUT2D eigenvalue weighted by Crippen LogP contribution is 2.19. The minimum absolute atomic E-state index is 0.0371. The summed E-state index contributed by atoms with van der Waals surface area (Å²) in [6, 6.07) is 5.58. The van der Waals surface area contributed by atoms with E-state index in [0.29, 0.717) is 5.56 Å². The summed E-state index contributed by atoms with van der Waals surface area (Å²) in [4.78, 5) is 13.9. The molecule has 18 heavy (non-hydrogen) atoms. The first kappa shape index (κ1) is 14.5. The second kappa shape index (κ2) is 6.40. The van der Waals surface area contributed by atoms with Crippen molar-refractivity contribution in [1.82, 2.24) is 4.90 Å². The summed E-state index contributed by atoms with van der Waals surface area (Å²) in [7, 11) is 1.71. The molecule has 1 aromatic rings. The number of carbonyl (C=O) groups is 1. The molecule has 0 aromatic heterocycles. The van der Waals surface area contributed by atoms with Crippen LogP contribution >= 0.6 is 0 Å². The van der Waals surface area contributed by atoms with E-state index in [0.717, 1.165) is 17.8 Å². The summed E-state index contributed by atoms with van der Waals surface area (Å²) < 4.78 is 0. The lowest BCUT2D eigenvalue weighted by Gasteiger charge is -2.24. The number of anilines is 1. The van der Waals surface area contributed by atoms with Gasteiger partial charge < -0.3 is 15.3 Å². The smallest absolute Gasteiger partial charge is 0.256 e. The molecule has 100 valence electrons. The molecule has 0 heterocycles. The zero-order valence-corrected chi connectivity index (χ0v) is 11.5.